The maximum Gasteiger partial charge on any atom is 0.230 e. The van der Waals surface area contributed by atoms with Gasteiger partial charge < -0.3 is 9.15 Å². The first kappa shape index (κ1) is 13.8. The van der Waals surface area contributed by atoms with Crippen LogP contribution in [-0.4, -0.2) is 35.3 Å². The second-order valence-corrected chi connectivity index (χ2v) is 4.69. The molecule has 0 saturated heterocycles. The predicted octanol–water partition coefficient (Wildman–Crippen LogP) is 2.54. The van der Waals surface area contributed by atoms with E-state index in [4.69, 9.17) is 20.8 Å². The number of hydrogen-bond donors (Lipinski definition) is 0. The Morgan fingerprint density at radius 1 is 1.37 bits per heavy atom. The molecule has 1 aromatic carbocycles. The molecule has 19 heavy (non-hydrogen) atoms. The quantitative estimate of drug-likeness (QED) is 0.814. The van der Waals surface area contributed by atoms with Gasteiger partial charge in [-0.2, -0.15) is 0 Å². The highest BCUT2D eigenvalue weighted by Gasteiger charge is 2.06. The van der Waals surface area contributed by atoms with Crippen LogP contribution in [-0.2, 0) is 6.54 Å². The van der Waals surface area contributed by atoms with Crippen LogP contribution in [0.4, 0.5) is 0 Å². The fraction of sp³-hybridized carbons (Fsp3) is 0.385. The van der Waals surface area contributed by atoms with E-state index in [1.54, 1.807) is 13.0 Å². The molecule has 0 spiro atoms. The number of halogens is 1. The van der Waals surface area contributed by atoms with E-state index in [1.807, 2.05) is 25.2 Å². The Balaban J connectivity index is 1.73. The summed E-state index contributed by atoms with van der Waals surface area (Å²) in [7, 11) is 1.97. The van der Waals surface area contributed by atoms with Crippen LogP contribution in [0, 0.1) is 6.92 Å². The molecule has 0 saturated carbocycles. The number of ether oxygens (including phenoxy) is 1. The van der Waals surface area contributed by atoms with Gasteiger partial charge in [0.15, 0.2) is 0 Å². The lowest BCUT2D eigenvalue weighted by Gasteiger charge is -2.14. The van der Waals surface area contributed by atoms with Crippen molar-refractivity contribution in [2.24, 2.45) is 0 Å². The number of aromatic nitrogens is 2. The van der Waals surface area contributed by atoms with Gasteiger partial charge in [0.05, 0.1) is 6.54 Å². The summed E-state index contributed by atoms with van der Waals surface area (Å²) in [5, 5.41) is 8.41. The first-order valence-corrected chi connectivity index (χ1v) is 6.37. The summed E-state index contributed by atoms with van der Waals surface area (Å²) >= 11 is 5.88. The molecule has 0 aliphatic heterocycles. The summed E-state index contributed by atoms with van der Waals surface area (Å²) in [6.07, 6.45) is 0. The molecule has 0 unspecified atom stereocenters. The van der Waals surface area contributed by atoms with E-state index >= 15 is 0 Å². The average Bonchev–Trinajstić information content (AvgIpc) is 2.75. The lowest BCUT2D eigenvalue weighted by atomic mass is 10.3. The summed E-state index contributed by atoms with van der Waals surface area (Å²) in [5.41, 5.74) is 0. The molecule has 0 radical (unpaired) electrons. The van der Waals surface area contributed by atoms with Crippen molar-refractivity contribution < 1.29 is 9.15 Å². The van der Waals surface area contributed by atoms with Crippen molar-refractivity contribution in [1.82, 2.24) is 15.1 Å². The number of likely N-dealkylation sites (N-methyl/N-ethyl adjacent to an activating group) is 1. The van der Waals surface area contributed by atoms with Crippen molar-refractivity contribution in [2.75, 3.05) is 20.2 Å². The zero-order valence-electron chi connectivity index (χ0n) is 11.0. The number of hydrogen-bond acceptors (Lipinski definition) is 5. The van der Waals surface area contributed by atoms with Crippen LogP contribution in [0.25, 0.3) is 0 Å². The monoisotopic (exact) mass is 281 g/mol. The molecule has 102 valence electrons. The molecule has 2 rings (SSSR count). The van der Waals surface area contributed by atoms with E-state index in [1.165, 1.54) is 0 Å². The highest BCUT2D eigenvalue weighted by atomic mass is 35.5. The van der Waals surface area contributed by atoms with Crippen LogP contribution in [0.2, 0.25) is 5.02 Å². The first-order valence-electron chi connectivity index (χ1n) is 5.99. The molecule has 6 heteroatoms. The standard InChI is InChI=1S/C13H16ClN3O2/c1-10-15-16-13(19-10)9-17(2)6-7-18-12-5-3-4-11(14)8-12/h3-5,8H,6-7,9H2,1-2H3. The largest absolute Gasteiger partial charge is 0.492 e. The summed E-state index contributed by atoms with van der Waals surface area (Å²) in [6.45, 7) is 3.72. The Hall–Kier alpha value is -1.59. The van der Waals surface area contributed by atoms with Crippen LogP contribution < -0.4 is 4.74 Å². The van der Waals surface area contributed by atoms with Crippen LogP contribution in [0.15, 0.2) is 28.7 Å². The van der Waals surface area contributed by atoms with E-state index < -0.39 is 0 Å². The topological polar surface area (TPSA) is 51.4 Å². The van der Waals surface area contributed by atoms with Gasteiger partial charge in [-0.25, -0.2) is 0 Å². The minimum atomic E-state index is 0.573. The second-order valence-electron chi connectivity index (χ2n) is 4.26. The lowest BCUT2D eigenvalue weighted by Crippen LogP contribution is -2.24. The number of rotatable bonds is 6. The molecular weight excluding hydrogens is 266 g/mol. The van der Waals surface area contributed by atoms with Crippen LogP contribution in [0.1, 0.15) is 11.8 Å². The van der Waals surface area contributed by atoms with Gasteiger partial charge in [0.1, 0.15) is 12.4 Å². The van der Waals surface area contributed by atoms with Crippen molar-refractivity contribution >= 4 is 11.6 Å². The number of nitrogens with zero attached hydrogens (tertiary/aromatic N) is 3. The molecule has 2 aromatic rings. The van der Waals surface area contributed by atoms with E-state index in [9.17, 15) is 0 Å². The fourth-order valence-electron chi connectivity index (χ4n) is 1.59. The average molecular weight is 282 g/mol. The highest BCUT2D eigenvalue weighted by molar-refractivity contribution is 6.30. The lowest BCUT2D eigenvalue weighted by molar-refractivity contribution is 0.219. The Morgan fingerprint density at radius 3 is 2.89 bits per heavy atom. The van der Waals surface area contributed by atoms with E-state index in [2.05, 4.69) is 15.1 Å². The SMILES string of the molecule is Cc1nnc(CN(C)CCOc2cccc(Cl)c2)o1. The Bertz CT molecular complexity index is 530. The van der Waals surface area contributed by atoms with Gasteiger partial charge in [0.2, 0.25) is 11.8 Å². The summed E-state index contributed by atoms with van der Waals surface area (Å²) in [6, 6.07) is 7.36. The molecule has 0 fully saturated rings. The van der Waals surface area contributed by atoms with Crippen LogP contribution >= 0.6 is 11.6 Å². The Kier molecular flexibility index (Phi) is 4.76. The van der Waals surface area contributed by atoms with Crippen LogP contribution in [0.5, 0.6) is 5.75 Å². The maximum absolute atomic E-state index is 5.88. The summed E-state index contributed by atoms with van der Waals surface area (Å²) in [4.78, 5) is 2.05. The number of aryl methyl sites for hydroxylation is 1. The number of benzene rings is 1. The predicted molar refractivity (Wildman–Crippen MR) is 72.3 cm³/mol. The molecule has 1 aromatic heterocycles. The minimum absolute atomic E-state index is 0.573. The van der Waals surface area contributed by atoms with E-state index in [0.717, 1.165) is 12.3 Å². The molecule has 0 aliphatic rings. The zero-order chi connectivity index (χ0) is 13.7. The van der Waals surface area contributed by atoms with Crippen LogP contribution in [0.3, 0.4) is 0 Å². The molecule has 0 bridgehead atoms. The normalized spacial score (nSPS) is 10.9. The molecule has 5 nitrogen and oxygen atoms in total. The smallest absolute Gasteiger partial charge is 0.230 e. The Labute approximate surface area is 117 Å². The summed E-state index contributed by atoms with van der Waals surface area (Å²) in [5.74, 6) is 1.97. The molecule has 0 amide bonds. The summed E-state index contributed by atoms with van der Waals surface area (Å²) < 4.78 is 10.9. The van der Waals surface area contributed by atoms with Gasteiger partial charge in [0.25, 0.3) is 0 Å². The molecule has 0 aliphatic carbocycles. The van der Waals surface area contributed by atoms with E-state index in [-0.39, 0.29) is 0 Å². The van der Waals surface area contributed by atoms with Crippen molar-refractivity contribution in [1.29, 1.82) is 0 Å². The third-order valence-electron chi connectivity index (χ3n) is 2.51. The van der Waals surface area contributed by atoms with Gasteiger partial charge >= 0.3 is 0 Å². The molecule has 0 atom stereocenters. The highest BCUT2D eigenvalue weighted by Crippen LogP contribution is 2.16. The van der Waals surface area contributed by atoms with Crippen molar-refractivity contribution in [3.63, 3.8) is 0 Å². The second kappa shape index (κ2) is 6.54. The van der Waals surface area contributed by atoms with Gasteiger partial charge in [-0.3, -0.25) is 4.90 Å². The van der Waals surface area contributed by atoms with Gasteiger partial charge in [-0.05, 0) is 25.2 Å². The fourth-order valence-corrected chi connectivity index (χ4v) is 1.77. The maximum atomic E-state index is 5.88. The first-order chi connectivity index (χ1) is 9.13. The van der Waals surface area contributed by atoms with Gasteiger partial charge in [-0.1, -0.05) is 17.7 Å². The minimum Gasteiger partial charge on any atom is -0.492 e. The van der Waals surface area contributed by atoms with Gasteiger partial charge in [0, 0.05) is 18.5 Å². The third kappa shape index (κ3) is 4.54. The third-order valence-corrected chi connectivity index (χ3v) is 2.75. The van der Waals surface area contributed by atoms with Crippen molar-refractivity contribution in [3.05, 3.63) is 41.1 Å². The molecule has 1 heterocycles. The van der Waals surface area contributed by atoms with E-state index in [0.29, 0.717) is 30.0 Å². The zero-order valence-corrected chi connectivity index (χ0v) is 11.7. The molecular formula is C13H16ClN3O2. The van der Waals surface area contributed by atoms with Gasteiger partial charge in [-0.15, -0.1) is 10.2 Å². The molecule has 0 N–H and O–H groups in total. The Morgan fingerprint density at radius 2 is 2.21 bits per heavy atom. The van der Waals surface area contributed by atoms with Crippen molar-refractivity contribution in [2.45, 2.75) is 13.5 Å². The van der Waals surface area contributed by atoms with Crippen molar-refractivity contribution in [3.8, 4) is 5.75 Å².